The summed E-state index contributed by atoms with van der Waals surface area (Å²) in [6, 6.07) is 6.88. The Morgan fingerprint density at radius 1 is 1.30 bits per heavy atom. The summed E-state index contributed by atoms with van der Waals surface area (Å²) in [6.45, 7) is 3.50. The highest BCUT2D eigenvalue weighted by molar-refractivity contribution is 5.82. The number of hydrogen-bond acceptors (Lipinski definition) is 4. The number of nitrogens with zero attached hydrogens (tertiary/aromatic N) is 3. The number of carboxylic acid groups (broad SMARTS) is 1. The summed E-state index contributed by atoms with van der Waals surface area (Å²) >= 11 is 0. The van der Waals surface area contributed by atoms with Gasteiger partial charge in [-0.3, -0.25) is 19.0 Å². The summed E-state index contributed by atoms with van der Waals surface area (Å²) in [5.74, 6) is -1.37. The van der Waals surface area contributed by atoms with Crippen LogP contribution in [0.2, 0.25) is 0 Å². The fourth-order valence-electron chi connectivity index (χ4n) is 2.32. The first-order valence-electron chi connectivity index (χ1n) is 7.32. The van der Waals surface area contributed by atoms with Crippen LogP contribution in [-0.2, 0) is 16.1 Å². The van der Waals surface area contributed by atoms with Gasteiger partial charge in [-0.25, -0.2) is 4.98 Å². The van der Waals surface area contributed by atoms with Crippen molar-refractivity contribution >= 4 is 22.8 Å². The number of fused-ring (bicyclic) bond motifs is 1. The van der Waals surface area contributed by atoms with Gasteiger partial charge >= 0.3 is 5.97 Å². The van der Waals surface area contributed by atoms with Gasteiger partial charge in [-0.15, -0.1) is 0 Å². The molecule has 0 atom stereocenters. The lowest BCUT2D eigenvalue weighted by Gasteiger charge is -2.23. The average molecular weight is 317 g/mol. The molecule has 0 saturated carbocycles. The van der Waals surface area contributed by atoms with Gasteiger partial charge in [0.2, 0.25) is 5.91 Å². The second-order valence-electron chi connectivity index (χ2n) is 5.76. The van der Waals surface area contributed by atoms with E-state index >= 15 is 0 Å². The van der Waals surface area contributed by atoms with Crippen molar-refractivity contribution in [1.29, 1.82) is 0 Å². The standard InChI is InChI=1S/C16H19N3O4/c1-11(2)7-18(9-15(21)22)14(20)8-19-10-17-13-6-4-3-5-12(13)16(19)23/h3-6,10-11H,7-9H2,1-2H3,(H,21,22). The average Bonchev–Trinajstić information content (AvgIpc) is 2.48. The maximum Gasteiger partial charge on any atom is 0.323 e. The molecule has 0 unspecified atom stereocenters. The molecule has 0 spiro atoms. The first kappa shape index (κ1) is 16.7. The number of hydrogen-bond donors (Lipinski definition) is 1. The maximum absolute atomic E-state index is 12.4. The van der Waals surface area contributed by atoms with Gasteiger partial charge in [0.1, 0.15) is 13.1 Å². The molecule has 0 aliphatic heterocycles. The van der Waals surface area contributed by atoms with Crippen LogP contribution >= 0.6 is 0 Å². The second kappa shape index (κ2) is 7.04. The monoisotopic (exact) mass is 317 g/mol. The minimum Gasteiger partial charge on any atom is -0.480 e. The number of amides is 1. The number of carboxylic acids is 1. The van der Waals surface area contributed by atoms with Gasteiger partial charge < -0.3 is 10.0 Å². The van der Waals surface area contributed by atoms with Gasteiger partial charge in [-0.1, -0.05) is 26.0 Å². The fourth-order valence-corrected chi connectivity index (χ4v) is 2.32. The molecule has 122 valence electrons. The second-order valence-corrected chi connectivity index (χ2v) is 5.76. The van der Waals surface area contributed by atoms with Crippen molar-refractivity contribution in [3.8, 4) is 0 Å². The Bertz CT molecular complexity index is 782. The molecule has 23 heavy (non-hydrogen) atoms. The normalized spacial score (nSPS) is 10.9. The van der Waals surface area contributed by atoms with Crippen LogP contribution in [0.25, 0.3) is 10.9 Å². The van der Waals surface area contributed by atoms with E-state index in [1.165, 1.54) is 15.8 Å². The fraction of sp³-hybridized carbons (Fsp3) is 0.375. The lowest BCUT2D eigenvalue weighted by atomic mass is 10.2. The van der Waals surface area contributed by atoms with Crippen molar-refractivity contribution in [2.75, 3.05) is 13.1 Å². The molecule has 1 N–H and O–H groups in total. The van der Waals surface area contributed by atoms with Crippen molar-refractivity contribution in [3.05, 3.63) is 40.9 Å². The highest BCUT2D eigenvalue weighted by atomic mass is 16.4. The van der Waals surface area contributed by atoms with Crippen LogP contribution < -0.4 is 5.56 Å². The molecule has 0 bridgehead atoms. The van der Waals surface area contributed by atoms with Crippen LogP contribution in [0.4, 0.5) is 0 Å². The van der Waals surface area contributed by atoms with E-state index in [-0.39, 0.29) is 24.6 Å². The molecule has 0 saturated heterocycles. The highest BCUT2D eigenvalue weighted by Gasteiger charge is 2.19. The number of carbonyl (C=O) groups is 2. The molecular weight excluding hydrogens is 298 g/mol. The summed E-state index contributed by atoms with van der Waals surface area (Å²) in [6.07, 6.45) is 1.32. The minimum atomic E-state index is -1.08. The van der Waals surface area contributed by atoms with Crippen molar-refractivity contribution in [2.45, 2.75) is 20.4 Å². The van der Waals surface area contributed by atoms with Crippen LogP contribution in [0.1, 0.15) is 13.8 Å². The van der Waals surface area contributed by atoms with Gasteiger partial charge in [0.15, 0.2) is 0 Å². The quantitative estimate of drug-likeness (QED) is 0.857. The lowest BCUT2D eigenvalue weighted by molar-refractivity contribution is -0.145. The van der Waals surface area contributed by atoms with Crippen LogP contribution in [0, 0.1) is 5.92 Å². The molecule has 0 aliphatic rings. The van der Waals surface area contributed by atoms with E-state index in [9.17, 15) is 14.4 Å². The molecule has 7 heteroatoms. The van der Waals surface area contributed by atoms with Crippen LogP contribution in [0.5, 0.6) is 0 Å². The molecular formula is C16H19N3O4. The third-order valence-electron chi connectivity index (χ3n) is 3.30. The third-order valence-corrected chi connectivity index (χ3v) is 3.30. The van der Waals surface area contributed by atoms with Gasteiger partial charge in [0.25, 0.3) is 5.56 Å². The van der Waals surface area contributed by atoms with E-state index in [4.69, 9.17) is 5.11 Å². The Kier molecular flexibility index (Phi) is 5.10. The van der Waals surface area contributed by atoms with Crippen molar-refractivity contribution in [1.82, 2.24) is 14.5 Å². The van der Waals surface area contributed by atoms with E-state index in [0.717, 1.165) is 0 Å². The summed E-state index contributed by atoms with van der Waals surface area (Å²) in [5, 5.41) is 9.36. The van der Waals surface area contributed by atoms with Gasteiger partial charge in [0, 0.05) is 6.54 Å². The molecule has 2 aromatic rings. The Labute approximate surface area is 133 Å². The SMILES string of the molecule is CC(C)CN(CC(=O)O)C(=O)Cn1cnc2ccccc2c1=O. The molecule has 0 radical (unpaired) electrons. The van der Waals surface area contributed by atoms with E-state index in [0.29, 0.717) is 17.4 Å². The molecule has 2 rings (SSSR count). The van der Waals surface area contributed by atoms with Gasteiger partial charge in [-0.2, -0.15) is 0 Å². The molecule has 1 amide bonds. The Morgan fingerprint density at radius 2 is 2.00 bits per heavy atom. The van der Waals surface area contributed by atoms with Crippen LogP contribution in [0.15, 0.2) is 35.4 Å². The van der Waals surface area contributed by atoms with E-state index < -0.39 is 11.9 Å². The zero-order valence-electron chi connectivity index (χ0n) is 13.1. The first-order chi connectivity index (χ1) is 10.9. The molecule has 0 fully saturated rings. The zero-order valence-corrected chi connectivity index (χ0v) is 13.1. The van der Waals surface area contributed by atoms with Crippen molar-refractivity contribution < 1.29 is 14.7 Å². The largest absolute Gasteiger partial charge is 0.480 e. The van der Waals surface area contributed by atoms with Crippen LogP contribution in [0.3, 0.4) is 0 Å². The van der Waals surface area contributed by atoms with E-state index in [2.05, 4.69) is 4.98 Å². The smallest absolute Gasteiger partial charge is 0.323 e. The van der Waals surface area contributed by atoms with Crippen LogP contribution in [-0.4, -0.2) is 44.5 Å². The molecule has 7 nitrogen and oxygen atoms in total. The Morgan fingerprint density at radius 3 is 2.65 bits per heavy atom. The predicted molar refractivity (Wildman–Crippen MR) is 85.1 cm³/mol. The summed E-state index contributed by atoms with van der Waals surface area (Å²) in [4.78, 5) is 41.0. The number of carbonyl (C=O) groups excluding carboxylic acids is 1. The van der Waals surface area contributed by atoms with E-state index in [1.807, 2.05) is 13.8 Å². The lowest BCUT2D eigenvalue weighted by Crippen LogP contribution is -2.41. The van der Waals surface area contributed by atoms with Gasteiger partial charge in [-0.05, 0) is 18.1 Å². The summed E-state index contributed by atoms with van der Waals surface area (Å²) in [5.41, 5.74) is 0.245. The number of aromatic nitrogens is 2. The molecule has 1 aromatic carbocycles. The number of para-hydroxylation sites is 1. The topological polar surface area (TPSA) is 92.5 Å². The highest BCUT2D eigenvalue weighted by Crippen LogP contribution is 2.05. The summed E-state index contributed by atoms with van der Waals surface area (Å²) in [7, 11) is 0. The maximum atomic E-state index is 12.4. The predicted octanol–water partition coefficient (Wildman–Crippen LogP) is 0.966. The Hall–Kier alpha value is -2.70. The zero-order chi connectivity index (χ0) is 17.0. The minimum absolute atomic E-state index is 0.129. The van der Waals surface area contributed by atoms with Gasteiger partial charge in [0.05, 0.1) is 17.2 Å². The van der Waals surface area contributed by atoms with Crippen molar-refractivity contribution in [2.24, 2.45) is 5.92 Å². The summed E-state index contributed by atoms with van der Waals surface area (Å²) < 4.78 is 1.21. The third kappa shape index (κ3) is 4.15. The number of rotatable bonds is 6. The first-order valence-corrected chi connectivity index (χ1v) is 7.32. The number of benzene rings is 1. The molecule has 1 aromatic heterocycles. The number of aliphatic carboxylic acids is 1. The Balaban J connectivity index is 2.25. The van der Waals surface area contributed by atoms with Crippen molar-refractivity contribution in [3.63, 3.8) is 0 Å². The molecule has 0 aliphatic carbocycles. The van der Waals surface area contributed by atoms with E-state index in [1.54, 1.807) is 24.3 Å². The molecule has 1 heterocycles.